The summed E-state index contributed by atoms with van der Waals surface area (Å²) in [5.41, 5.74) is 0.684. The Hall–Kier alpha value is -2.89. The van der Waals surface area contributed by atoms with Gasteiger partial charge in [0.25, 0.3) is 11.8 Å². The smallest absolute Gasteiger partial charge is 0.312 e. The molecule has 0 fully saturated rings. The van der Waals surface area contributed by atoms with Crippen molar-refractivity contribution in [1.82, 2.24) is 9.96 Å². The first-order valence-corrected chi connectivity index (χ1v) is 6.30. The van der Waals surface area contributed by atoms with Crippen LogP contribution >= 0.6 is 0 Å². The highest BCUT2D eigenvalue weighted by Gasteiger charge is 2.36. The van der Waals surface area contributed by atoms with Crippen molar-refractivity contribution in [2.45, 2.75) is 0 Å². The molecule has 0 aromatic heterocycles. The summed E-state index contributed by atoms with van der Waals surface area (Å²) in [7, 11) is 2.94. The van der Waals surface area contributed by atoms with Crippen molar-refractivity contribution in [3.8, 4) is 0 Å². The lowest BCUT2D eigenvalue weighted by molar-refractivity contribution is -0.0575. The Kier molecular flexibility index (Phi) is 2.86. The molecule has 1 aliphatic rings. The van der Waals surface area contributed by atoms with Crippen LogP contribution in [0.3, 0.4) is 0 Å². The van der Waals surface area contributed by atoms with E-state index in [0.29, 0.717) is 21.6 Å². The number of benzene rings is 2. The molecule has 6 heteroatoms. The zero-order valence-corrected chi connectivity index (χ0v) is 11.5. The normalized spacial score (nSPS) is 13.5. The van der Waals surface area contributed by atoms with Crippen molar-refractivity contribution in [3.05, 3.63) is 47.5 Å². The van der Waals surface area contributed by atoms with Gasteiger partial charge in [0.2, 0.25) is 0 Å². The molecule has 1 heterocycles. The summed E-state index contributed by atoms with van der Waals surface area (Å²) >= 11 is 0. The Morgan fingerprint density at radius 3 is 2.00 bits per heavy atom. The number of amides is 3. The number of hydroxylamine groups is 2. The fourth-order valence-electron chi connectivity index (χ4n) is 2.25. The van der Waals surface area contributed by atoms with Gasteiger partial charge in [-0.15, -0.1) is 0 Å². The van der Waals surface area contributed by atoms with E-state index in [1.807, 2.05) is 12.1 Å². The van der Waals surface area contributed by atoms with Gasteiger partial charge in [0, 0.05) is 19.5 Å². The third-order valence-corrected chi connectivity index (χ3v) is 3.27. The number of nitrogens with zero attached hydrogens (tertiary/aromatic N) is 2. The Morgan fingerprint density at radius 1 is 1.00 bits per heavy atom. The third-order valence-electron chi connectivity index (χ3n) is 3.27. The fourth-order valence-corrected chi connectivity index (χ4v) is 2.25. The van der Waals surface area contributed by atoms with Gasteiger partial charge in [-0.05, 0) is 17.5 Å². The van der Waals surface area contributed by atoms with Crippen molar-refractivity contribution in [1.29, 1.82) is 0 Å². The van der Waals surface area contributed by atoms with Crippen LogP contribution in [0.4, 0.5) is 4.79 Å². The van der Waals surface area contributed by atoms with Crippen LogP contribution in [-0.4, -0.2) is 42.0 Å². The highest BCUT2D eigenvalue weighted by molar-refractivity contribution is 6.25. The number of rotatable bonds is 1. The average molecular weight is 284 g/mol. The lowest BCUT2D eigenvalue weighted by Crippen LogP contribution is -2.43. The van der Waals surface area contributed by atoms with E-state index in [0.717, 1.165) is 10.3 Å². The molecule has 0 atom stereocenters. The minimum absolute atomic E-state index is 0.342. The molecule has 106 valence electrons. The molecular weight excluding hydrogens is 272 g/mol. The third kappa shape index (κ3) is 1.92. The van der Waals surface area contributed by atoms with Crippen LogP contribution in [0.25, 0.3) is 10.8 Å². The van der Waals surface area contributed by atoms with Gasteiger partial charge in [0.1, 0.15) is 0 Å². The van der Waals surface area contributed by atoms with Crippen LogP contribution in [0.5, 0.6) is 0 Å². The molecule has 3 amide bonds. The summed E-state index contributed by atoms with van der Waals surface area (Å²) in [5, 5.41) is 1.90. The Morgan fingerprint density at radius 2 is 1.52 bits per heavy atom. The zero-order valence-electron chi connectivity index (χ0n) is 11.5. The van der Waals surface area contributed by atoms with Crippen molar-refractivity contribution in [2.24, 2.45) is 0 Å². The first-order chi connectivity index (χ1) is 10.0. The molecule has 0 N–H and O–H groups in total. The molecule has 0 aliphatic carbocycles. The van der Waals surface area contributed by atoms with Crippen LogP contribution in [0.15, 0.2) is 36.4 Å². The quantitative estimate of drug-likeness (QED) is 0.752. The molecule has 6 nitrogen and oxygen atoms in total. The molecular formula is C15H12N2O4. The summed E-state index contributed by atoms with van der Waals surface area (Å²) in [6.45, 7) is 0. The van der Waals surface area contributed by atoms with Gasteiger partial charge >= 0.3 is 6.09 Å². The predicted octanol–water partition coefficient (Wildman–Crippen LogP) is 2.05. The molecule has 1 aliphatic heterocycles. The van der Waals surface area contributed by atoms with Crippen LogP contribution < -0.4 is 0 Å². The van der Waals surface area contributed by atoms with Gasteiger partial charge in [0.05, 0.1) is 11.1 Å². The van der Waals surface area contributed by atoms with Crippen LogP contribution in [0.1, 0.15) is 20.7 Å². The van der Waals surface area contributed by atoms with E-state index < -0.39 is 17.9 Å². The van der Waals surface area contributed by atoms with Crippen molar-refractivity contribution in [2.75, 3.05) is 14.1 Å². The molecule has 0 unspecified atom stereocenters. The van der Waals surface area contributed by atoms with E-state index in [1.165, 1.54) is 14.1 Å². The molecule has 0 saturated heterocycles. The van der Waals surface area contributed by atoms with Gasteiger partial charge in [-0.3, -0.25) is 9.59 Å². The number of hydrogen-bond donors (Lipinski definition) is 0. The first kappa shape index (κ1) is 13.1. The predicted molar refractivity (Wildman–Crippen MR) is 74.6 cm³/mol. The Balaban J connectivity index is 2.13. The summed E-state index contributed by atoms with van der Waals surface area (Å²) in [4.78, 5) is 42.4. The van der Waals surface area contributed by atoms with Gasteiger partial charge in [-0.1, -0.05) is 29.3 Å². The van der Waals surface area contributed by atoms with Gasteiger partial charge in [-0.2, -0.15) is 0 Å². The molecule has 2 aromatic carbocycles. The summed E-state index contributed by atoms with van der Waals surface area (Å²) in [6.07, 6.45) is -0.789. The van der Waals surface area contributed by atoms with E-state index in [-0.39, 0.29) is 0 Å². The number of carbonyl (C=O) groups excluding carboxylic acids is 3. The number of imide groups is 1. The second-order valence-corrected chi connectivity index (χ2v) is 4.87. The van der Waals surface area contributed by atoms with Crippen LogP contribution in [0, 0.1) is 0 Å². The maximum absolute atomic E-state index is 12.4. The SMILES string of the molecule is CN(C)C(=O)ON1C(=O)c2cccc3cccc(c23)C1=O. The lowest BCUT2D eigenvalue weighted by atomic mass is 9.95. The van der Waals surface area contributed by atoms with E-state index in [1.54, 1.807) is 24.3 Å². The molecule has 0 bridgehead atoms. The molecule has 0 spiro atoms. The summed E-state index contributed by atoms with van der Waals surface area (Å²) < 4.78 is 0. The minimum Gasteiger partial charge on any atom is -0.312 e. The topological polar surface area (TPSA) is 66.9 Å². The maximum atomic E-state index is 12.4. The standard InChI is InChI=1S/C15H12N2O4/c1-16(2)15(20)21-17-13(18)10-7-3-5-9-6-4-8-11(12(9)10)14(17)19/h3-8H,1-2H3. The number of carbonyl (C=O) groups is 3. The van der Waals surface area contributed by atoms with Crippen molar-refractivity contribution >= 4 is 28.7 Å². The monoisotopic (exact) mass is 284 g/mol. The number of hydrogen-bond acceptors (Lipinski definition) is 4. The van der Waals surface area contributed by atoms with Gasteiger partial charge < -0.3 is 9.74 Å². The van der Waals surface area contributed by atoms with E-state index in [9.17, 15) is 14.4 Å². The Bertz CT molecular complexity index is 732. The summed E-state index contributed by atoms with van der Waals surface area (Å²) in [6, 6.07) is 10.3. The molecule has 0 saturated carbocycles. The maximum Gasteiger partial charge on any atom is 0.434 e. The molecule has 2 aromatic rings. The Labute approximate surface area is 120 Å². The first-order valence-electron chi connectivity index (χ1n) is 6.30. The molecule has 21 heavy (non-hydrogen) atoms. The van der Waals surface area contributed by atoms with Crippen LogP contribution in [0.2, 0.25) is 0 Å². The average Bonchev–Trinajstić information content (AvgIpc) is 2.48. The fraction of sp³-hybridized carbons (Fsp3) is 0.133. The van der Waals surface area contributed by atoms with Gasteiger partial charge in [0.15, 0.2) is 0 Å². The second-order valence-electron chi connectivity index (χ2n) is 4.87. The highest BCUT2D eigenvalue weighted by atomic mass is 16.7. The summed E-state index contributed by atoms with van der Waals surface area (Å²) in [5.74, 6) is -1.28. The largest absolute Gasteiger partial charge is 0.434 e. The van der Waals surface area contributed by atoms with Gasteiger partial charge in [-0.25, -0.2) is 4.79 Å². The van der Waals surface area contributed by atoms with Crippen molar-refractivity contribution < 1.29 is 19.2 Å². The van der Waals surface area contributed by atoms with E-state index >= 15 is 0 Å². The molecule has 0 radical (unpaired) electrons. The highest BCUT2D eigenvalue weighted by Crippen LogP contribution is 2.30. The lowest BCUT2D eigenvalue weighted by Gasteiger charge is -2.26. The van der Waals surface area contributed by atoms with E-state index in [4.69, 9.17) is 4.84 Å². The van der Waals surface area contributed by atoms with E-state index in [2.05, 4.69) is 0 Å². The molecule has 3 rings (SSSR count). The minimum atomic E-state index is -0.789. The zero-order chi connectivity index (χ0) is 15.1. The van der Waals surface area contributed by atoms with Crippen molar-refractivity contribution in [3.63, 3.8) is 0 Å². The van der Waals surface area contributed by atoms with Crippen LogP contribution in [-0.2, 0) is 4.84 Å². The second kappa shape index (κ2) is 4.59.